The van der Waals surface area contributed by atoms with E-state index in [0.29, 0.717) is 0 Å². The van der Waals surface area contributed by atoms with Crippen LogP contribution >= 0.6 is 0 Å². The van der Waals surface area contributed by atoms with Crippen molar-refractivity contribution in [1.29, 1.82) is 0 Å². The second kappa shape index (κ2) is 4.13. The molecule has 2 aromatic rings. The van der Waals surface area contributed by atoms with Gasteiger partial charge in [0.05, 0.1) is 7.05 Å². The van der Waals surface area contributed by atoms with Crippen molar-refractivity contribution in [3.05, 3.63) is 60.7 Å². The van der Waals surface area contributed by atoms with Crippen LogP contribution in [0.15, 0.2) is 49.6 Å². The molecule has 0 unspecified atom stereocenters. The van der Waals surface area contributed by atoms with Gasteiger partial charge in [-0.05, 0) is 17.2 Å². The van der Waals surface area contributed by atoms with Gasteiger partial charge in [-0.15, -0.1) is 0 Å². The quantitative estimate of drug-likeness (QED) is 0.669. The number of imidazole rings is 1. The van der Waals surface area contributed by atoms with Gasteiger partial charge in [0.1, 0.15) is 18.9 Å². The number of aromatic nitrogens is 2. The maximum atomic E-state index is 3.77. The first kappa shape index (κ1) is 9.71. The van der Waals surface area contributed by atoms with Crippen LogP contribution in [0.1, 0.15) is 11.1 Å². The van der Waals surface area contributed by atoms with Crippen LogP contribution < -0.4 is 4.57 Å². The van der Waals surface area contributed by atoms with Crippen LogP contribution in [-0.2, 0) is 13.6 Å². The van der Waals surface area contributed by atoms with Crippen molar-refractivity contribution < 1.29 is 4.57 Å². The molecule has 1 aromatic heterocycles. The van der Waals surface area contributed by atoms with Crippen LogP contribution in [0, 0.1) is 0 Å². The van der Waals surface area contributed by atoms with Gasteiger partial charge < -0.3 is 0 Å². The van der Waals surface area contributed by atoms with Crippen LogP contribution in [-0.4, -0.2) is 4.57 Å². The topological polar surface area (TPSA) is 8.81 Å². The monoisotopic (exact) mass is 199 g/mol. The fourth-order valence-corrected chi connectivity index (χ4v) is 1.62. The van der Waals surface area contributed by atoms with E-state index in [2.05, 4.69) is 47.9 Å². The fraction of sp³-hybridized carbons (Fsp3) is 0.154. The van der Waals surface area contributed by atoms with Crippen molar-refractivity contribution in [3.63, 3.8) is 0 Å². The fourth-order valence-electron chi connectivity index (χ4n) is 1.62. The van der Waals surface area contributed by atoms with Crippen LogP contribution in [0.2, 0.25) is 0 Å². The summed E-state index contributed by atoms with van der Waals surface area (Å²) >= 11 is 0. The average molecular weight is 199 g/mol. The Labute approximate surface area is 90.1 Å². The lowest BCUT2D eigenvalue weighted by atomic mass is 10.1. The molecular weight excluding hydrogens is 184 g/mol. The third-order valence-electron chi connectivity index (χ3n) is 2.38. The van der Waals surface area contributed by atoms with Crippen LogP contribution in [0.25, 0.3) is 6.08 Å². The van der Waals surface area contributed by atoms with Gasteiger partial charge >= 0.3 is 0 Å². The molecule has 0 fully saturated rings. The molecule has 1 heterocycles. The highest BCUT2D eigenvalue weighted by atomic mass is 15.1. The van der Waals surface area contributed by atoms with Crippen molar-refractivity contribution in [2.75, 3.05) is 0 Å². The summed E-state index contributed by atoms with van der Waals surface area (Å²) in [6, 6.07) is 8.42. The largest absolute Gasteiger partial charge is 0.243 e. The van der Waals surface area contributed by atoms with E-state index in [0.717, 1.165) is 6.54 Å². The summed E-state index contributed by atoms with van der Waals surface area (Å²) in [5.41, 5.74) is 2.47. The standard InChI is InChI=1S/C13H15N2/c1-3-12-5-4-6-13(9-12)10-15-8-7-14(2)11-15/h3-9,11H,1,10H2,2H3/q+1. The third kappa shape index (κ3) is 2.34. The Morgan fingerprint density at radius 3 is 3.00 bits per heavy atom. The van der Waals surface area contributed by atoms with Gasteiger partial charge in [0.2, 0.25) is 6.33 Å². The molecule has 0 N–H and O–H groups in total. The van der Waals surface area contributed by atoms with Crippen molar-refractivity contribution in [3.8, 4) is 0 Å². The minimum Gasteiger partial charge on any atom is -0.240 e. The van der Waals surface area contributed by atoms with Crippen LogP contribution in [0.5, 0.6) is 0 Å². The van der Waals surface area contributed by atoms with Gasteiger partial charge in [-0.25, -0.2) is 9.13 Å². The van der Waals surface area contributed by atoms with Gasteiger partial charge in [0.15, 0.2) is 0 Å². The molecule has 0 aliphatic heterocycles. The Bertz CT molecular complexity index is 469. The van der Waals surface area contributed by atoms with Gasteiger partial charge in [0, 0.05) is 0 Å². The molecule has 1 aromatic carbocycles. The highest BCUT2D eigenvalue weighted by Crippen LogP contribution is 2.07. The summed E-state index contributed by atoms with van der Waals surface area (Å²) < 4.78 is 4.19. The summed E-state index contributed by atoms with van der Waals surface area (Å²) in [5.74, 6) is 0. The second-order valence-electron chi connectivity index (χ2n) is 3.70. The predicted octanol–water partition coefficient (Wildman–Crippen LogP) is 2.00. The van der Waals surface area contributed by atoms with Gasteiger partial charge in [-0.2, -0.15) is 0 Å². The third-order valence-corrected chi connectivity index (χ3v) is 2.38. The molecule has 0 bridgehead atoms. The number of benzene rings is 1. The SMILES string of the molecule is C=Cc1cccc(Cn2cc[n+](C)c2)c1. The highest BCUT2D eigenvalue weighted by molar-refractivity contribution is 5.47. The summed E-state index contributed by atoms with van der Waals surface area (Å²) in [5, 5.41) is 0. The summed E-state index contributed by atoms with van der Waals surface area (Å²) in [6.45, 7) is 4.68. The zero-order chi connectivity index (χ0) is 10.7. The Kier molecular flexibility index (Phi) is 2.68. The molecule has 2 heteroatoms. The molecule has 0 aliphatic carbocycles. The normalized spacial score (nSPS) is 10.2. The minimum atomic E-state index is 0.905. The van der Waals surface area contributed by atoms with E-state index in [4.69, 9.17) is 0 Å². The molecule has 0 saturated heterocycles. The van der Waals surface area contributed by atoms with E-state index in [1.165, 1.54) is 11.1 Å². The molecule has 2 nitrogen and oxygen atoms in total. The summed E-state index contributed by atoms with van der Waals surface area (Å²) in [7, 11) is 2.02. The van der Waals surface area contributed by atoms with E-state index < -0.39 is 0 Å². The lowest BCUT2D eigenvalue weighted by Gasteiger charge is -1.99. The van der Waals surface area contributed by atoms with E-state index in [1.807, 2.05) is 23.9 Å². The number of rotatable bonds is 3. The molecule has 15 heavy (non-hydrogen) atoms. The van der Waals surface area contributed by atoms with Crippen LogP contribution in [0.3, 0.4) is 0 Å². The maximum absolute atomic E-state index is 3.77. The maximum Gasteiger partial charge on any atom is 0.243 e. The Hall–Kier alpha value is -1.83. The molecule has 2 rings (SSSR count). The minimum absolute atomic E-state index is 0.905. The lowest BCUT2D eigenvalue weighted by Crippen LogP contribution is -2.23. The lowest BCUT2D eigenvalue weighted by molar-refractivity contribution is -0.671. The first-order chi connectivity index (χ1) is 7.28. The zero-order valence-corrected chi connectivity index (χ0v) is 8.93. The van der Waals surface area contributed by atoms with Crippen molar-refractivity contribution in [1.82, 2.24) is 4.57 Å². The van der Waals surface area contributed by atoms with Gasteiger partial charge in [-0.1, -0.05) is 30.9 Å². The molecule has 0 amide bonds. The Balaban J connectivity index is 2.20. The van der Waals surface area contributed by atoms with Gasteiger partial charge in [0.25, 0.3) is 0 Å². The molecule has 0 radical (unpaired) electrons. The Morgan fingerprint density at radius 2 is 2.33 bits per heavy atom. The van der Waals surface area contributed by atoms with E-state index in [1.54, 1.807) is 0 Å². The first-order valence-electron chi connectivity index (χ1n) is 5.00. The smallest absolute Gasteiger partial charge is 0.240 e. The summed E-state index contributed by atoms with van der Waals surface area (Å²) in [6.07, 6.45) is 8.05. The molecule has 0 saturated carbocycles. The van der Waals surface area contributed by atoms with Crippen molar-refractivity contribution >= 4 is 6.08 Å². The second-order valence-corrected chi connectivity index (χ2v) is 3.70. The molecular formula is C13H15N2+. The van der Waals surface area contributed by atoms with Crippen molar-refractivity contribution in [2.24, 2.45) is 7.05 Å². The van der Waals surface area contributed by atoms with E-state index in [-0.39, 0.29) is 0 Å². The van der Waals surface area contributed by atoms with E-state index in [9.17, 15) is 0 Å². The predicted molar refractivity (Wildman–Crippen MR) is 61.2 cm³/mol. The van der Waals surface area contributed by atoms with Crippen LogP contribution in [0.4, 0.5) is 0 Å². The molecule has 0 spiro atoms. The average Bonchev–Trinajstić information content (AvgIpc) is 2.64. The molecule has 76 valence electrons. The first-order valence-corrected chi connectivity index (χ1v) is 5.00. The molecule has 0 atom stereocenters. The highest BCUT2D eigenvalue weighted by Gasteiger charge is 2.01. The van der Waals surface area contributed by atoms with E-state index >= 15 is 0 Å². The number of nitrogens with zero attached hydrogens (tertiary/aromatic N) is 2. The zero-order valence-electron chi connectivity index (χ0n) is 8.93. The molecule has 0 aliphatic rings. The Morgan fingerprint density at radius 1 is 1.47 bits per heavy atom. The number of aryl methyl sites for hydroxylation is 1. The number of hydrogen-bond acceptors (Lipinski definition) is 0. The summed E-state index contributed by atoms with van der Waals surface area (Å²) in [4.78, 5) is 0. The number of hydrogen-bond donors (Lipinski definition) is 0. The van der Waals surface area contributed by atoms with Gasteiger partial charge in [-0.3, -0.25) is 0 Å². The van der Waals surface area contributed by atoms with Crippen molar-refractivity contribution in [2.45, 2.75) is 6.54 Å².